The van der Waals surface area contributed by atoms with Crippen LogP contribution >= 0.6 is 0 Å². The van der Waals surface area contributed by atoms with Crippen molar-refractivity contribution in [3.05, 3.63) is 42.0 Å². The number of para-hydroxylation sites is 1. The van der Waals surface area contributed by atoms with E-state index < -0.39 is 0 Å². The van der Waals surface area contributed by atoms with Gasteiger partial charge in [0.2, 0.25) is 0 Å². The number of carbonyl (C=O) groups is 1. The van der Waals surface area contributed by atoms with Gasteiger partial charge in [-0.05, 0) is 30.0 Å². The molecule has 0 aliphatic heterocycles. The Morgan fingerprint density at radius 3 is 2.87 bits per heavy atom. The predicted molar refractivity (Wildman–Crippen MR) is 59.1 cm³/mol. The molecule has 2 rings (SSSR count). The fourth-order valence-electron chi connectivity index (χ4n) is 2.00. The van der Waals surface area contributed by atoms with E-state index in [0.29, 0.717) is 6.42 Å². The average molecular weight is 202 g/mol. The van der Waals surface area contributed by atoms with Crippen LogP contribution in [0, 0.1) is 0 Å². The van der Waals surface area contributed by atoms with Crippen molar-refractivity contribution < 1.29 is 9.53 Å². The summed E-state index contributed by atoms with van der Waals surface area (Å²) in [6.45, 7) is 0. The molecule has 0 fully saturated rings. The summed E-state index contributed by atoms with van der Waals surface area (Å²) in [5.74, 6) is 1.36. The van der Waals surface area contributed by atoms with E-state index in [1.165, 1.54) is 0 Å². The molecule has 78 valence electrons. The maximum atomic E-state index is 11.3. The van der Waals surface area contributed by atoms with E-state index in [2.05, 4.69) is 0 Å². The topological polar surface area (TPSA) is 26.3 Å². The maximum Gasteiger partial charge on any atom is 0.155 e. The molecule has 0 amide bonds. The minimum atomic E-state index is 0.206. The fourth-order valence-corrected chi connectivity index (χ4v) is 2.00. The highest BCUT2D eigenvalue weighted by Gasteiger charge is 2.19. The minimum absolute atomic E-state index is 0.206. The molecule has 0 N–H and O–H groups in total. The third-order valence-electron chi connectivity index (χ3n) is 2.75. The summed E-state index contributed by atoms with van der Waals surface area (Å²) in [5.41, 5.74) is 1.14. The van der Waals surface area contributed by atoms with E-state index in [1.807, 2.05) is 30.3 Å². The second-order valence-corrected chi connectivity index (χ2v) is 3.75. The van der Waals surface area contributed by atoms with Gasteiger partial charge in [0, 0.05) is 6.42 Å². The molecule has 0 unspecified atom stereocenters. The molecule has 0 radical (unpaired) electrons. The number of methoxy groups -OCH3 is 1. The van der Waals surface area contributed by atoms with E-state index in [4.69, 9.17) is 4.74 Å². The van der Waals surface area contributed by atoms with Crippen molar-refractivity contribution in [3.8, 4) is 5.75 Å². The summed E-state index contributed by atoms with van der Waals surface area (Å²) in [6, 6.07) is 7.91. The lowest BCUT2D eigenvalue weighted by Crippen LogP contribution is -2.09. The second-order valence-electron chi connectivity index (χ2n) is 3.75. The van der Waals surface area contributed by atoms with Gasteiger partial charge in [0.25, 0.3) is 0 Å². The Morgan fingerprint density at radius 1 is 1.33 bits per heavy atom. The van der Waals surface area contributed by atoms with Crippen LogP contribution in [-0.4, -0.2) is 12.9 Å². The lowest BCUT2D eigenvalue weighted by atomic mass is 9.87. The highest BCUT2D eigenvalue weighted by atomic mass is 16.5. The summed E-state index contributed by atoms with van der Waals surface area (Å²) in [4.78, 5) is 11.3. The first-order valence-electron chi connectivity index (χ1n) is 5.13. The van der Waals surface area contributed by atoms with E-state index in [1.54, 1.807) is 13.2 Å². The molecule has 15 heavy (non-hydrogen) atoms. The molecule has 0 spiro atoms. The molecule has 0 heterocycles. The Kier molecular flexibility index (Phi) is 2.86. The van der Waals surface area contributed by atoms with E-state index in [-0.39, 0.29) is 11.7 Å². The summed E-state index contributed by atoms with van der Waals surface area (Å²) in [7, 11) is 1.67. The Labute approximate surface area is 89.6 Å². The number of carbonyl (C=O) groups excluding carboxylic acids is 1. The standard InChI is InChI=1S/C13H14O2/c1-15-13-8-3-2-7-12(13)10-5-4-6-11(14)9-10/h2-4,6-8,10H,5,9H2,1H3/t10-/m0/s1. The zero-order chi connectivity index (χ0) is 10.7. The molecule has 1 aliphatic rings. The number of benzene rings is 1. The van der Waals surface area contributed by atoms with Gasteiger partial charge in [-0.1, -0.05) is 24.3 Å². The number of ether oxygens (including phenoxy) is 1. The number of ketones is 1. The zero-order valence-electron chi connectivity index (χ0n) is 8.77. The van der Waals surface area contributed by atoms with Crippen LogP contribution in [0.15, 0.2) is 36.4 Å². The van der Waals surface area contributed by atoms with Crippen molar-refractivity contribution in [3.63, 3.8) is 0 Å². The van der Waals surface area contributed by atoms with Gasteiger partial charge in [0.15, 0.2) is 5.78 Å². The first-order chi connectivity index (χ1) is 7.31. The summed E-state index contributed by atoms with van der Waals surface area (Å²) < 4.78 is 5.30. The molecule has 0 bridgehead atoms. The summed E-state index contributed by atoms with van der Waals surface area (Å²) in [5, 5.41) is 0. The van der Waals surface area contributed by atoms with Crippen LogP contribution in [0.1, 0.15) is 24.3 Å². The summed E-state index contributed by atoms with van der Waals surface area (Å²) in [6.07, 6.45) is 5.14. The van der Waals surface area contributed by atoms with Gasteiger partial charge in [0.05, 0.1) is 7.11 Å². The smallest absolute Gasteiger partial charge is 0.155 e. The molecule has 1 aromatic carbocycles. The lowest BCUT2D eigenvalue weighted by Gasteiger charge is -2.19. The number of hydrogen-bond acceptors (Lipinski definition) is 2. The van der Waals surface area contributed by atoms with Gasteiger partial charge in [-0.2, -0.15) is 0 Å². The normalized spacial score (nSPS) is 20.3. The van der Waals surface area contributed by atoms with Crippen LogP contribution in [0.5, 0.6) is 5.75 Å². The van der Waals surface area contributed by atoms with Crippen molar-refractivity contribution >= 4 is 5.78 Å². The minimum Gasteiger partial charge on any atom is -0.496 e. The molecular weight excluding hydrogens is 188 g/mol. The van der Waals surface area contributed by atoms with Crippen molar-refractivity contribution in [2.45, 2.75) is 18.8 Å². The van der Waals surface area contributed by atoms with E-state index in [9.17, 15) is 4.79 Å². The first-order valence-corrected chi connectivity index (χ1v) is 5.13. The van der Waals surface area contributed by atoms with Crippen LogP contribution in [0.4, 0.5) is 0 Å². The maximum absolute atomic E-state index is 11.3. The molecule has 1 aliphatic carbocycles. The quantitative estimate of drug-likeness (QED) is 0.737. The number of rotatable bonds is 2. The van der Waals surface area contributed by atoms with Gasteiger partial charge < -0.3 is 4.74 Å². The number of hydrogen-bond donors (Lipinski definition) is 0. The van der Waals surface area contributed by atoms with Gasteiger partial charge in [-0.3, -0.25) is 4.79 Å². The number of allylic oxidation sites excluding steroid dienone is 2. The third-order valence-corrected chi connectivity index (χ3v) is 2.75. The Bertz CT molecular complexity index is 393. The monoisotopic (exact) mass is 202 g/mol. The molecule has 2 heteroatoms. The highest BCUT2D eigenvalue weighted by molar-refractivity contribution is 5.91. The van der Waals surface area contributed by atoms with E-state index >= 15 is 0 Å². The molecule has 1 atom stereocenters. The van der Waals surface area contributed by atoms with Crippen LogP contribution in [0.25, 0.3) is 0 Å². The van der Waals surface area contributed by atoms with E-state index in [0.717, 1.165) is 17.7 Å². The highest BCUT2D eigenvalue weighted by Crippen LogP contribution is 2.33. The average Bonchev–Trinajstić information content (AvgIpc) is 2.29. The molecule has 0 aromatic heterocycles. The second kappa shape index (κ2) is 4.30. The molecule has 0 saturated heterocycles. The molecule has 0 saturated carbocycles. The fraction of sp³-hybridized carbons (Fsp3) is 0.308. The van der Waals surface area contributed by atoms with Crippen molar-refractivity contribution in [1.29, 1.82) is 0 Å². The van der Waals surface area contributed by atoms with Crippen LogP contribution in [-0.2, 0) is 4.79 Å². The molecule has 2 nitrogen and oxygen atoms in total. The van der Waals surface area contributed by atoms with Gasteiger partial charge in [-0.25, -0.2) is 0 Å². The van der Waals surface area contributed by atoms with Crippen LogP contribution < -0.4 is 4.74 Å². The Balaban J connectivity index is 2.29. The Hall–Kier alpha value is -1.57. The third kappa shape index (κ3) is 2.09. The zero-order valence-corrected chi connectivity index (χ0v) is 8.77. The first kappa shape index (κ1) is 9.97. The molecular formula is C13H14O2. The van der Waals surface area contributed by atoms with Crippen LogP contribution in [0.3, 0.4) is 0 Å². The predicted octanol–water partition coefficient (Wildman–Crippen LogP) is 2.70. The van der Waals surface area contributed by atoms with Crippen LogP contribution in [0.2, 0.25) is 0 Å². The SMILES string of the molecule is COc1ccccc1[C@H]1CC=CC(=O)C1. The van der Waals surface area contributed by atoms with Gasteiger partial charge >= 0.3 is 0 Å². The van der Waals surface area contributed by atoms with Crippen molar-refractivity contribution in [2.75, 3.05) is 7.11 Å². The van der Waals surface area contributed by atoms with Gasteiger partial charge in [0.1, 0.15) is 5.75 Å². The summed E-state index contributed by atoms with van der Waals surface area (Å²) >= 11 is 0. The van der Waals surface area contributed by atoms with Gasteiger partial charge in [-0.15, -0.1) is 0 Å². The van der Waals surface area contributed by atoms with Crippen molar-refractivity contribution in [2.24, 2.45) is 0 Å². The lowest BCUT2D eigenvalue weighted by molar-refractivity contribution is -0.115. The largest absolute Gasteiger partial charge is 0.496 e. The molecule has 1 aromatic rings. The van der Waals surface area contributed by atoms with Crippen molar-refractivity contribution in [1.82, 2.24) is 0 Å². The Morgan fingerprint density at radius 2 is 2.13 bits per heavy atom.